The van der Waals surface area contributed by atoms with Crippen molar-refractivity contribution in [3.05, 3.63) is 0 Å². The van der Waals surface area contributed by atoms with E-state index in [9.17, 15) is 5.11 Å². The second kappa shape index (κ2) is 7.67. The van der Waals surface area contributed by atoms with Crippen LogP contribution in [0.4, 0.5) is 0 Å². The van der Waals surface area contributed by atoms with Crippen LogP contribution >= 0.6 is 0 Å². The van der Waals surface area contributed by atoms with Crippen LogP contribution in [0, 0.1) is 11.3 Å². The number of hydrogen-bond acceptors (Lipinski definition) is 1. The van der Waals surface area contributed by atoms with Crippen molar-refractivity contribution in [2.75, 3.05) is 0 Å². The van der Waals surface area contributed by atoms with Gasteiger partial charge in [-0.1, -0.05) is 64.7 Å². The van der Waals surface area contributed by atoms with Crippen molar-refractivity contribution in [2.24, 2.45) is 11.3 Å². The molecule has 0 aromatic carbocycles. The van der Waals surface area contributed by atoms with Crippen LogP contribution in [-0.4, -0.2) is 11.2 Å². The summed E-state index contributed by atoms with van der Waals surface area (Å²) in [5.74, 6) is 1.08. The molecule has 1 atom stereocenters. The van der Waals surface area contributed by atoms with E-state index in [1.807, 2.05) is 0 Å². The predicted molar refractivity (Wildman–Crippen MR) is 82.2 cm³/mol. The minimum absolute atomic E-state index is 0.0163. The second-order valence-electron chi connectivity index (χ2n) is 7.65. The summed E-state index contributed by atoms with van der Waals surface area (Å²) in [5.41, 5.74) is 0.722. The van der Waals surface area contributed by atoms with Gasteiger partial charge in [0.25, 0.3) is 0 Å². The van der Waals surface area contributed by atoms with E-state index in [4.69, 9.17) is 0 Å². The van der Waals surface area contributed by atoms with Crippen molar-refractivity contribution in [2.45, 2.75) is 103 Å². The zero-order valence-electron chi connectivity index (χ0n) is 13.0. The van der Waals surface area contributed by atoms with Crippen molar-refractivity contribution in [3.8, 4) is 0 Å². The summed E-state index contributed by atoms with van der Waals surface area (Å²) in [6, 6.07) is 0. The van der Waals surface area contributed by atoms with Crippen molar-refractivity contribution in [1.82, 2.24) is 0 Å². The molecule has 0 heterocycles. The third-order valence-electron chi connectivity index (χ3n) is 5.27. The van der Waals surface area contributed by atoms with E-state index < -0.39 is 0 Å². The Labute approximate surface area is 120 Å². The predicted octanol–water partition coefficient (Wildman–Crippen LogP) is 5.46. The van der Waals surface area contributed by atoms with Crippen molar-refractivity contribution >= 4 is 0 Å². The van der Waals surface area contributed by atoms with Gasteiger partial charge < -0.3 is 5.11 Å². The molecular weight excluding hydrogens is 232 g/mol. The number of unbranched alkanes of at least 4 members (excludes halogenated alkanes) is 4. The fourth-order valence-corrected chi connectivity index (χ4v) is 3.11. The van der Waals surface area contributed by atoms with Crippen LogP contribution < -0.4 is 0 Å². The molecule has 2 saturated carbocycles. The van der Waals surface area contributed by atoms with Crippen molar-refractivity contribution in [3.63, 3.8) is 0 Å². The first-order valence-electron chi connectivity index (χ1n) is 8.86. The Balaban J connectivity index is 1.31. The molecule has 1 N–H and O–H groups in total. The summed E-state index contributed by atoms with van der Waals surface area (Å²) < 4.78 is 0. The number of aliphatic hydroxyl groups excluding tert-OH is 1. The highest BCUT2D eigenvalue weighted by Gasteiger charge is 2.35. The molecule has 19 heavy (non-hydrogen) atoms. The molecule has 0 saturated heterocycles. The Morgan fingerprint density at radius 2 is 1.58 bits per heavy atom. The van der Waals surface area contributed by atoms with E-state index in [0.717, 1.165) is 24.2 Å². The SMILES string of the molecule is CC1(CCCCCC(O)CCCCCC2CC2)CC1. The molecule has 2 fully saturated rings. The molecule has 2 aliphatic carbocycles. The zero-order chi connectivity index (χ0) is 13.6. The van der Waals surface area contributed by atoms with E-state index >= 15 is 0 Å². The molecule has 112 valence electrons. The summed E-state index contributed by atoms with van der Waals surface area (Å²) in [6.45, 7) is 2.42. The first-order valence-corrected chi connectivity index (χ1v) is 8.86. The van der Waals surface area contributed by atoms with Crippen LogP contribution in [0.5, 0.6) is 0 Å². The maximum Gasteiger partial charge on any atom is 0.0540 e. The third-order valence-corrected chi connectivity index (χ3v) is 5.27. The van der Waals surface area contributed by atoms with Gasteiger partial charge in [0.1, 0.15) is 0 Å². The second-order valence-corrected chi connectivity index (χ2v) is 7.65. The van der Waals surface area contributed by atoms with Crippen LogP contribution in [0.25, 0.3) is 0 Å². The molecule has 0 radical (unpaired) electrons. The van der Waals surface area contributed by atoms with E-state index in [2.05, 4.69) is 6.92 Å². The van der Waals surface area contributed by atoms with E-state index in [0.29, 0.717) is 0 Å². The molecule has 0 aromatic heterocycles. The Morgan fingerprint density at radius 3 is 2.16 bits per heavy atom. The molecule has 2 aliphatic rings. The molecule has 0 bridgehead atoms. The van der Waals surface area contributed by atoms with Gasteiger partial charge in [0.05, 0.1) is 6.10 Å². The van der Waals surface area contributed by atoms with Gasteiger partial charge in [-0.15, -0.1) is 0 Å². The number of hydrogen-bond donors (Lipinski definition) is 1. The Kier molecular flexibility index (Phi) is 6.19. The third kappa shape index (κ3) is 7.34. The molecule has 1 heteroatoms. The van der Waals surface area contributed by atoms with Crippen LogP contribution in [0.2, 0.25) is 0 Å². The summed E-state index contributed by atoms with van der Waals surface area (Å²) >= 11 is 0. The largest absolute Gasteiger partial charge is 0.393 e. The highest BCUT2D eigenvalue weighted by atomic mass is 16.3. The molecular formula is C18H34O. The topological polar surface area (TPSA) is 20.2 Å². The standard InChI is InChI=1S/C18H34O/c1-18(14-15-18)13-7-3-6-10-17(19)9-5-2-4-8-16-11-12-16/h16-17,19H,2-15H2,1H3. The lowest BCUT2D eigenvalue weighted by atomic mass is 9.98. The number of rotatable bonds is 12. The quantitative estimate of drug-likeness (QED) is 0.465. The average Bonchev–Trinajstić information content (AvgIpc) is 3.27. The summed E-state index contributed by atoms with van der Waals surface area (Å²) in [5, 5.41) is 9.94. The lowest BCUT2D eigenvalue weighted by Crippen LogP contribution is -2.06. The summed E-state index contributed by atoms with van der Waals surface area (Å²) in [6.07, 6.45) is 18.8. The van der Waals surface area contributed by atoms with Crippen LogP contribution in [0.3, 0.4) is 0 Å². The van der Waals surface area contributed by atoms with Gasteiger partial charge in [-0.05, 0) is 43.4 Å². The van der Waals surface area contributed by atoms with Gasteiger partial charge in [0, 0.05) is 0 Å². The molecule has 0 spiro atoms. The Morgan fingerprint density at radius 1 is 0.947 bits per heavy atom. The normalized spacial score (nSPS) is 22.4. The maximum atomic E-state index is 9.94. The first kappa shape index (κ1) is 15.4. The lowest BCUT2D eigenvalue weighted by Gasteiger charge is -2.11. The van der Waals surface area contributed by atoms with Gasteiger partial charge in [-0.2, -0.15) is 0 Å². The van der Waals surface area contributed by atoms with Crippen LogP contribution in [-0.2, 0) is 0 Å². The molecule has 1 nitrogen and oxygen atoms in total. The molecule has 0 amide bonds. The van der Waals surface area contributed by atoms with Gasteiger partial charge in [-0.3, -0.25) is 0 Å². The molecule has 1 unspecified atom stereocenters. The minimum Gasteiger partial charge on any atom is -0.393 e. The monoisotopic (exact) mass is 266 g/mol. The maximum absolute atomic E-state index is 9.94. The average molecular weight is 266 g/mol. The summed E-state index contributed by atoms with van der Waals surface area (Å²) in [4.78, 5) is 0. The highest BCUT2D eigenvalue weighted by molar-refractivity contribution is 4.87. The van der Waals surface area contributed by atoms with E-state index in [-0.39, 0.29) is 6.10 Å². The molecule has 0 aliphatic heterocycles. The Hall–Kier alpha value is -0.0400. The lowest BCUT2D eigenvalue weighted by molar-refractivity contribution is 0.147. The highest BCUT2D eigenvalue weighted by Crippen LogP contribution is 2.49. The van der Waals surface area contributed by atoms with Gasteiger partial charge in [-0.25, -0.2) is 0 Å². The van der Waals surface area contributed by atoms with E-state index in [1.54, 1.807) is 0 Å². The summed E-state index contributed by atoms with van der Waals surface area (Å²) in [7, 11) is 0. The molecule has 2 rings (SSSR count). The van der Waals surface area contributed by atoms with Gasteiger partial charge in [0.2, 0.25) is 0 Å². The van der Waals surface area contributed by atoms with Crippen LogP contribution in [0.1, 0.15) is 96.8 Å². The zero-order valence-corrected chi connectivity index (χ0v) is 13.0. The fourth-order valence-electron chi connectivity index (χ4n) is 3.11. The van der Waals surface area contributed by atoms with Crippen molar-refractivity contribution in [1.29, 1.82) is 0 Å². The van der Waals surface area contributed by atoms with Gasteiger partial charge >= 0.3 is 0 Å². The fraction of sp³-hybridized carbons (Fsp3) is 1.00. The number of aliphatic hydroxyl groups is 1. The van der Waals surface area contributed by atoms with Gasteiger partial charge in [0.15, 0.2) is 0 Å². The minimum atomic E-state index is -0.0163. The first-order chi connectivity index (χ1) is 9.18. The Bertz CT molecular complexity index is 240. The molecule has 0 aromatic rings. The smallest absolute Gasteiger partial charge is 0.0540 e. The van der Waals surface area contributed by atoms with Crippen LogP contribution in [0.15, 0.2) is 0 Å². The van der Waals surface area contributed by atoms with E-state index in [1.165, 1.54) is 77.0 Å². The van der Waals surface area contributed by atoms with Crippen molar-refractivity contribution < 1.29 is 5.11 Å².